The highest BCUT2D eigenvalue weighted by molar-refractivity contribution is 5.97. The first-order valence-corrected chi connectivity index (χ1v) is 12.9. The number of anilines is 1. The van der Waals surface area contributed by atoms with Gasteiger partial charge in [-0.2, -0.15) is 0 Å². The maximum Gasteiger partial charge on any atom is 0.251 e. The van der Waals surface area contributed by atoms with E-state index in [0.29, 0.717) is 18.5 Å². The Kier molecular flexibility index (Phi) is 7.80. The molecule has 188 valence electrons. The molecule has 4 unspecified atom stereocenters. The van der Waals surface area contributed by atoms with Gasteiger partial charge < -0.3 is 20.9 Å². The molecule has 34 heavy (non-hydrogen) atoms. The highest BCUT2D eigenvalue weighted by atomic mass is 16.2. The van der Waals surface area contributed by atoms with Crippen LogP contribution < -0.4 is 26.3 Å². The van der Waals surface area contributed by atoms with Crippen molar-refractivity contribution in [1.82, 2.24) is 26.4 Å². The lowest BCUT2D eigenvalue weighted by atomic mass is 9.84. The van der Waals surface area contributed by atoms with Crippen molar-refractivity contribution in [3.63, 3.8) is 0 Å². The van der Waals surface area contributed by atoms with Gasteiger partial charge in [0.15, 0.2) is 0 Å². The van der Waals surface area contributed by atoms with Gasteiger partial charge in [0.1, 0.15) is 0 Å². The van der Waals surface area contributed by atoms with Crippen LogP contribution in [-0.4, -0.2) is 75.7 Å². The van der Waals surface area contributed by atoms with Gasteiger partial charge in [0.05, 0.1) is 5.92 Å². The number of rotatable bonds is 6. The van der Waals surface area contributed by atoms with Crippen LogP contribution in [0.25, 0.3) is 0 Å². The highest BCUT2D eigenvalue weighted by Crippen LogP contribution is 2.32. The van der Waals surface area contributed by atoms with Crippen LogP contribution in [-0.2, 0) is 4.79 Å². The number of amides is 2. The van der Waals surface area contributed by atoms with Crippen molar-refractivity contribution in [2.24, 2.45) is 11.8 Å². The lowest BCUT2D eigenvalue weighted by Gasteiger charge is -2.35. The molecule has 0 aliphatic carbocycles. The summed E-state index contributed by atoms with van der Waals surface area (Å²) in [5.41, 5.74) is 7.46. The van der Waals surface area contributed by atoms with E-state index in [9.17, 15) is 9.59 Å². The van der Waals surface area contributed by atoms with Crippen molar-refractivity contribution < 1.29 is 9.59 Å². The van der Waals surface area contributed by atoms with Crippen LogP contribution in [0.2, 0.25) is 0 Å². The summed E-state index contributed by atoms with van der Waals surface area (Å²) in [6.45, 7) is 10.4. The molecule has 1 aromatic rings. The molecular formula is C26H42N6O2. The normalized spacial score (nSPS) is 28.6. The van der Waals surface area contributed by atoms with E-state index in [4.69, 9.17) is 0 Å². The average Bonchev–Trinajstić information content (AvgIpc) is 3.24. The average molecular weight is 471 g/mol. The molecule has 4 rings (SSSR count). The number of likely N-dealkylation sites (N-methyl/N-ethyl adjacent to an activating group) is 1. The predicted octanol–water partition coefficient (Wildman–Crippen LogP) is 1.61. The predicted molar refractivity (Wildman–Crippen MR) is 136 cm³/mol. The van der Waals surface area contributed by atoms with Crippen LogP contribution in [0.3, 0.4) is 0 Å². The molecule has 3 heterocycles. The van der Waals surface area contributed by atoms with Crippen LogP contribution in [0.5, 0.6) is 0 Å². The number of carbonyl (C=O) groups excluding carboxylic acids is 2. The van der Waals surface area contributed by atoms with Gasteiger partial charge in [0.2, 0.25) is 5.91 Å². The highest BCUT2D eigenvalue weighted by Gasteiger charge is 2.33. The Morgan fingerprint density at radius 1 is 1.24 bits per heavy atom. The van der Waals surface area contributed by atoms with Crippen LogP contribution in [0.1, 0.15) is 60.5 Å². The number of benzene rings is 1. The van der Waals surface area contributed by atoms with Crippen molar-refractivity contribution >= 4 is 17.5 Å². The molecule has 8 nitrogen and oxygen atoms in total. The Morgan fingerprint density at radius 2 is 1.97 bits per heavy atom. The molecule has 0 radical (unpaired) electrons. The van der Waals surface area contributed by atoms with Gasteiger partial charge in [-0.05, 0) is 75.4 Å². The van der Waals surface area contributed by atoms with E-state index in [0.717, 1.165) is 62.3 Å². The number of hydrogen-bond donors (Lipinski definition) is 4. The van der Waals surface area contributed by atoms with E-state index in [2.05, 4.69) is 71.4 Å². The Bertz CT molecular complexity index is 900. The molecule has 0 saturated carbocycles. The summed E-state index contributed by atoms with van der Waals surface area (Å²) in [4.78, 5) is 28.4. The van der Waals surface area contributed by atoms with E-state index in [1.807, 2.05) is 6.92 Å². The van der Waals surface area contributed by atoms with Gasteiger partial charge in [-0.1, -0.05) is 6.92 Å². The molecular weight excluding hydrogens is 428 g/mol. The fraction of sp³-hybridized carbons (Fsp3) is 0.692. The van der Waals surface area contributed by atoms with E-state index in [1.54, 1.807) is 0 Å². The molecule has 4 atom stereocenters. The second-order valence-electron chi connectivity index (χ2n) is 10.7. The fourth-order valence-corrected chi connectivity index (χ4v) is 5.88. The van der Waals surface area contributed by atoms with Crippen molar-refractivity contribution in [1.29, 1.82) is 0 Å². The summed E-state index contributed by atoms with van der Waals surface area (Å²) in [6, 6.07) is 5.02. The number of nitrogens with one attached hydrogen (secondary N) is 4. The number of piperidine rings is 2. The van der Waals surface area contributed by atoms with Gasteiger partial charge in [0.25, 0.3) is 5.91 Å². The summed E-state index contributed by atoms with van der Waals surface area (Å²) in [6.07, 6.45) is 3.14. The molecule has 3 saturated heterocycles. The van der Waals surface area contributed by atoms with Crippen LogP contribution in [0.4, 0.5) is 5.69 Å². The third-order valence-corrected chi connectivity index (χ3v) is 8.08. The molecule has 0 spiro atoms. The molecule has 8 heteroatoms. The zero-order valence-electron chi connectivity index (χ0n) is 21.4. The summed E-state index contributed by atoms with van der Waals surface area (Å²) in [5.74, 6) is 0.356. The van der Waals surface area contributed by atoms with E-state index in [1.165, 1.54) is 5.56 Å². The number of hydrogen-bond acceptors (Lipinski definition) is 6. The maximum atomic E-state index is 13.5. The first-order valence-electron chi connectivity index (χ1n) is 12.9. The van der Waals surface area contributed by atoms with Crippen molar-refractivity contribution in [2.75, 3.05) is 51.7 Å². The first kappa shape index (κ1) is 24.9. The summed E-state index contributed by atoms with van der Waals surface area (Å²) >= 11 is 0. The SMILES string of the molecule is Cc1c(C(=O)NCC2C(=O)NC(C)CC2C)cc(C2CNN(C)C2)cc1N(C)C1CCNCC1. The minimum Gasteiger partial charge on any atom is -0.371 e. The standard InChI is InChI=1S/C26H42N6O2/c1-16-10-17(2)30-26(34)23(16)14-28-25(33)22-11-19(20-13-29-31(4)15-20)12-24(18(22)3)32(5)21-6-8-27-9-7-21/h11-12,16-17,20-21,23,27,29H,6-10,13-15H2,1-5H3,(H,28,33)(H,30,34). The zero-order chi connectivity index (χ0) is 24.4. The maximum absolute atomic E-state index is 13.5. The van der Waals surface area contributed by atoms with E-state index < -0.39 is 0 Å². The van der Waals surface area contributed by atoms with Crippen LogP contribution in [0, 0.1) is 18.8 Å². The lowest BCUT2D eigenvalue weighted by Crippen LogP contribution is -2.50. The van der Waals surface area contributed by atoms with Crippen molar-refractivity contribution in [3.05, 3.63) is 28.8 Å². The fourth-order valence-electron chi connectivity index (χ4n) is 5.88. The molecule has 3 aliphatic heterocycles. The first-order chi connectivity index (χ1) is 16.2. The summed E-state index contributed by atoms with van der Waals surface area (Å²) in [7, 11) is 4.22. The van der Waals surface area contributed by atoms with Crippen molar-refractivity contribution in [3.8, 4) is 0 Å². The van der Waals surface area contributed by atoms with Gasteiger partial charge in [-0.15, -0.1) is 0 Å². The summed E-state index contributed by atoms with van der Waals surface area (Å²) < 4.78 is 0. The number of carbonyl (C=O) groups is 2. The van der Waals surface area contributed by atoms with E-state index >= 15 is 0 Å². The largest absolute Gasteiger partial charge is 0.371 e. The number of nitrogens with zero attached hydrogens (tertiary/aromatic N) is 2. The third kappa shape index (κ3) is 5.39. The monoisotopic (exact) mass is 470 g/mol. The smallest absolute Gasteiger partial charge is 0.251 e. The molecule has 0 bridgehead atoms. The molecule has 0 aromatic heterocycles. The van der Waals surface area contributed by atoms with Crippen LogP contribution >= 0.6 is 0 Å². The zero-order valence-corrected chi connectivity index (χ0v) is 21.4. The quantitative estimate of drug-likeness (QED) is 0.505. The van der Waals surface area contributed by atoms with Gasteiger partial charge in [-0.3, -0.25) is 15.0 Å². The molecule has 2 amide bonds. The summed E-state index contributed by atoms with van der Waals surface area (Å²) in [5, 5.41) is 11.7. The Balaban J connectivity index is 1.58. The molecule has 3 aliphatic rings. The van der Waals surface area contributed by atoms with Gasteiger partial charge in [0, 0.05) is 63.0 Å². The molecule has 4 N–H and O–H groups in total. The minimum atomic E-state index is -0.187. The Hall–Kier alpha value is -2.16. The third-order valence-electron chi connectivity index (χ3n) is 8.08. The molecule has 3 fully saturated rings. The van der Waals surface area contributed by atoms with Crippen molar-refractivity contribution in [2.45, 2.75) is 58.0 Å². The lowest BCUT2D eigenvalue weighted by molar-refractivity contribution is -0.129. The molecule has 1 aromatic carbocycles. The Morgan fingerprint density at radius 3 is 2.62 bits per heavy atom. The second-order valence-corrected chi connectivity index (χ2v) is 10.7. The topological polar surface area (TPSA) is 88.7 Å². The minimum absolute atomic E-state index is 0.0448. The Labute approximate surface area is 204 Å². The second kappa shape index (κ2) is 10.6. The number of hydrazine groups is 1. The van der Waals surface area contributed by atoms with Gasteiger partial charge in [-0.25, -0.2) is 5.01 Å². The van der Waals surface area contributed by atoms with Gasteiger partial charge >= 0.3 is 0 Å². The van der Waals surface area contributed by atoms with E-state index in [-0.39, 0.29) is 29.7 Å². The van der Waals surface area contributed by atoms with Crippen LogP contribution in [0.15, 0.2) is 12.1 Å².